The lowest BCUT2D eigenvalue weighted by Gasteiger charge is -2.23. The van der Waals surface area contributed by atoms with Gasteiger partial charge in [-0.25, -0.2) is 0 Å². The van der Waals surface area contributed by atoms with Crippen molar-refractivity contribution in [2.75, 3.05) is 19.6 Å². The largest absolute Gasteiger partial charge is 0.481 e. The van der Waals surface area contributed by atoms with Crippen molar-refractivity contribution in [2.24, 2.45) is 5.92 Å². The Morgan fingerprint density at radius 1 is 1.25 bits per heavy atom. The van der Waals surface area contributed by atoms with Gasteiger partial charge >= 0.3 is 5.97 Å². The summed E-state index contributed by atoms with van der Waals surface area (Å²) < 4.78 is 0. The van der Waals surface area contributed by atoms with Gasteiger partial charge in [0.15, 0.2) is 0 Å². The van der Waals surface area contributed by atoms with Crippen LogP contribution in [0.3, 0.4) is 0 Å². The van der Waals surface area contributed by atoms with Crippen LogP contribution in [0, 0.1) is 5.92 Å². The Kier molecular flexibility index (Phi) is 9.30. The van der Waals surface area contributed by atoms with E-state index in [2.05, 4.69) is 25.7 Å². The third kappa shape index (κ3) is 8.72. The molecule has 0 rings (SSSR count). The van der Waals surface area contributed by atoms with Crippen LogP contribution in [0.25, 0.3) is 0 Å². The van der Waals surface area contributed by atoms with E-state index in [0.29, 0.717) is 6.42 Å². The number of rotatable bonds is 10. The Bertz CT molecular complexity index is 183. The van der Waals surface area contributed by atoms with Crippen LogP contribution in [0.2, 0.25) is 0 Å². The summed E-state index contributed by atoms with van der Waals surface area (Å²) >= 11 is 0. The van der Waals surface area contributed by atoms with Crippen molar-refractivity contribution < 1.29 is 9.90 Å². The first-order valence-corrected chi connectivity index (χ1v) is 6.54. The quantitative estimate of drug-likeness (QED) is 0.585. The van der Waals surface area contributed by atoms with E-state index in [1.807, 2.05) is 0 Å². The van der Waals surface area contributed by atoms with Crippen LogP contribution in [-0.4, -0.2) is 35.6 Å². The molecule has 96 valence electrons. The first-order chi connectivity index (χ1) is 7.60. The summed E-state index contributed by atoms with van der Waals surface area (Å²) in [5, 5.41) is 8.51. The maximum Gasteiger partial charge on any atom is 0.303 e. The van der Waals surface area contributed by atoms with Crippen LogP contribution < -0.4 is 0 Å². The maximum atomic E-state index is 10.3. The molecule has 0 spiro atoms. The highest BCUT2D eigenvalue weighted by atomic mass is 16.4. The second kappa shape index (κ2) is 9.64. The molecule has 0 amide bonds. The average molecular weight is 229 g/mol. The Morgan fingerprint density at radius 2 is 1.94 bits per heavy atom. The van der Waals surface area contributed by atoms with Gasteiger partial charge in [0.25, 0.3) is 0 Å². The summed E-state index contributed by atoms with van der Waals surface area (Å²) in [6, 6.07) is 0. The molecule has 0 aromatic rings. The second-order valence-corrected chi connectivity index (χ2v) is 4.61. The molecule has 0 fully saturated rings. The predicted octanol–water partition coefficient (Wildman–Crippen LogP) is 3.00. The zero-order valence-electron chi connectivity index (χ0n) is 11.0. The molecule has 0 aromatic carbocycles. The summed E-state index contributed by atoms with van der Waals surface area (Å²) in [4.78, 5) is 12.8. The van der Waals surface area contributed by atoms with E-state index in [0.717, 1.165) is 38.3 Å². The molecule has 1 N–H and O–H groups in total. The monoisotopic (exact) mass is 229 g/mol. The molecule has 0 heterocycles. The third-order valence-corrected chi connectivity index (χ3v) is 3.08. The number of hydrogen-bond acceptors (Lipinski definition) is 2. The highest BCUT2D eigenvalue weighted by Crippen LogP contribution is 2.07. The number of nitrogens with zero attached hydrogens (tertiary/aromatic N) is 1. The zero-order valence-corrected chi connectivity index (χ0v) is 11.0. The smallest absolute Gasteiger partial charge is 0.303 e. The number of carboxylic acids is 1. The molecule has 1 unspecified atom stereocenters. The van der Waals surface area contributed by atoms with Crippen molar-refractivity contribution in [3.8, 4) is 0 Å². The molecular weight excluding hydrogens is 202 g/mol. The van der Waals surface area contributed by atoms with Gasteiger partial charge in [-0.15, -0.1) is 0 Å². The number of hydrogen-bond donors (Lipinski definition) is 1. The molecule has 0 radical (unpaired) electrons. The minimum atomic E-state index is -0.674. The molecule has 16 heavy (non-hydrogen) atoms. The van der Waals surface area contributed by atoms with Crippen molar-refractivity contribution in [1.29, 1.82) is 0 Å². The van der Waals surface area contributed by atoms with Crippen molar-refractivity contribution in [2.45, 2.75) is 52.9 Å². The van der Waals surface area contributed by atoms with E-state index in [4.69, 9.17) is 5.11 Å². The third-order valence-electron chi connectivity index (χ3n) is 3.08. The van der Waals surface area contributed by atoms with Crippen LogP contribution in [0.5, 0.6) is 0 Å². The Balaban J connectivity index is 3.51. The van der Waals surface area contributed by atoms with Crippen LogP contribution in [0.1, 0.15) is 52.9 Å². The first-order valence-electron chi connectivity index (χ1n) is 6.54. The number of aliphatic carboxylic acids is 1. The van der Waals surface area contributed by atoms with Crippen LogP contribution in [-0.2, 0) is 4.79 Å². The molecule has 0 saturated carbocycles. The van der Waals surface area contributed by atoms with Gasteiger partial charge in [-0.1, -0.05) is 33.6 Å². The lowest BCUT2D eigenvalue weighted by atomic mass is 10.1. The van der Waals surface area contributed by atoms with Gasteiger partial charge in [-0.2, -0.15) is 0 Å². The van der Waals surface area contributed by atoms with Gasteiger partial charge in [0.2, 0.25) is 0 Å². The number of carbonyl (C=O) groups is 1. The number of unbranched alkanes of at least 4 members (excludes halogenated alkanes) is 2. The lowest BCUT2D eigenvalue weighted by Crippen LogP contribution is -2.29. The van der Waals surface area contributed by atoms with E-state index < -0.39 is 5.97 Å². The predicted molar refractivity (Wildman–Crippen MR) is 67.7 cm³/mol. The molecular formula is C13H27NO2. The normalized spacial score (nSPS) is 13.0. The Morgan fingerprint density at radius 3 is 2.44 bits per heavy atom. The summed E-state index contributed by atoms with van der Waals surface area (Å²) in [7, 11) is 0. The molecule has 0 aliphatic rings. The van der Waals surface area contributed by atoms with E-state index in [-0.39, 0.29) is 0 Å². The minimum Gasteiger partial charge on any atom is -0.481 e. The summed E-state index contributed by atoms with van der Waals surface area (Å²) in [5.74, 6) is 0.0888. The van der Waals surface area contributed by atoms with E-state index in [1.54, 1.807) is 0 Å². The van der Waals surface area contributed by atoms with Gasteiger partial charge in [0.1, 0.15) is 0 Å². The molecule has 1 atom stereocenters. The van der Waals surface area contributed by atoms with Crippen LogP contribution in [0.15, 0.2) is 0 Å². The summed E-state index contributed by atoms with van der Waals surface area (Å²) in [6.45, 7) is 10.1. The minimum absolute atomic E-state index is 0.317. The zero-order chi connectivity index (χ0) is 12.4. The Labute approximate surface area is 99.8 Å². The summed E-state index contributed by atoms with van der Waals surface area (Å²) in [6.07, 6.45) is 4.52. The molecule has 0 saturated heterocycles. The topological polar surface area (TPSA) is 40.5 Å². The van der Waals surface area contributed by atoms with E-state index in [9.17, 15) is 4.79 Å². The second-order valence-electron chi connectivity index (χ2n) is 4.61. The fourth-order valence-corrected chi connectivity index (χ4v) is 1.74. The fraction of sp³-hybridized carbons (Fsp3) is 0.923. The lowest BCUT2D eigenvalue weighted by molar-refractivity contribution is -0.137. The van der Waals surface area contributed by atoms with Crippen molar-refractivity contribution in [3.05, 3.63) is 0 Å². The van der Waals surface area contributed by atoms with Crippen LogP contribution in [0.4, 0.5) is 0 Å². The van der Waals surface area contributed by atoms with Gasteiger partial charge in [0.05, 0.1) is 0 Å². The van der Waals surface area contributed by atoms with Gasteiger partial charge in [-0.3, -0.25) is 4.79 Å². The molecule has 3 nitrogen and oxygen atoms in total. The van der Waals surface area contributed by atoms with Crippen molar-refractivity contribution in [1.82, 2.24) is 4.90 Å². The first kappa shape index (κ1) is 15.4. The highest BCUT2D eigenvalue weighted by Gasteiger charge is 2.06. The fourth-order valence-electron chi connectivity index (χ4n) is 1.74. The molecule has 0 aromatic heterocycles. The maximum absolute atomic E-state index is 10.3. The molecule has 0 aliphatic carbocycles. The van der Waals surface area contributed by atoms with Gasteiger partial charge < -0.3 is 10.0 Å². The van der Waals surface area contributed by atoms with Gasteiger partial charge in [0, 0.05) is 13.0 Å². The van der Waals surface area contributed by atoms with E-state index in [1.165, 1.54) is 13.0 Å². The Hall–Kier alpha value is -0.570. The van der Waals surface area contributed by atoms with Crippen molar-refractivity contribution in [3.63, 3.8) is 0 Å². The van der Waals surface area contributed by atoms with Crippen LogP contribution >= 0.6 is 0 Å². The number of carboxylic acid groups (broad SMARTS) is 1. The standard InChI is InChI=1S/C13H27NO2/c1-4-12(3)11-14(5-2)10-8-6-7-9-13(15)16/h12H,4-11H2,1-3H3,(H,15,16). The van der Waals surface area contributed by atoms with Gasteiger partial charge in [-0.05, 0) is 31.8 Å². The average Bonchev–Trinajstić information content (AvgIpc) is 2.26. The summed E-state index contributed by atoms with van der Waals surface area (Å²) in [5.41, 5.74) is 0. The highest BCUT2D eigenvalue weighted by molar-refractivity contribution is 5.66. The van der Waals surface area contributed by atoms with Crippen molar-refractivity contribution >= 4 is 5.97 Å². The van der Waals surface area contributed by atoms with E-state index >= 15 is 0 Å². The molecule has 0 bridgehead atoms. The molecule has 0 aliphatic heterocycles. The molecule has 3 heteroatoms. The SMILES string of the molecule is CCC(C)CN(CC)CCCCCC(=O)O.